The van der Waals surface area contributed by atoms with Crippen molar-refractivity contribution in [3.63, 3.8) is 0 Å². The summed E-state index contributed by atoms with van der Waals surface area (Å²) in [5.41, 5.74) is 6.58. The Kier molecular flexibility index (Phi) is 8.79. The van der Waals surface area contributed by atoms with Crippen LogP contribution in [0.1, 0.15) is 25.3 Å². The summed E-state index contributed by atoms with van der Waals surface area (Å²) >= 11 is 0. The molecule has 1 aliphatic heterocycles. The molecule has 0 aliphatic carbocycles. The van der Waals surface area contributed by atoms with Crippen LogP contribution in [0.25, 0.3) is 0 Å². The molecule has 0 radical (unpaired) electrons. The van der Waals surface area contributed by atoms with Gasteiger partial charge in [-0.1, -0.05) is 37.3 Å². The number of piperidine rings is 1. The second-order valence-corrected chi connectivity index (χ2v) is 6.43. The Morgan fingerprint density at radius 2 is 2.04 bits per heavy atom. The summed E-state index contributed by atoms with van der Waals surface area (Å²) in [6.45, 7) is 4.44. The zero-order chi connectivity index (χ0) is 16.7. The lowest BCUT2D eigenvalue weighted by molar-refractivity contribution is -0.135. The van der Waals surface area contributed by atoms with E-state index in [1.54, 1.807) is 0 Å². The Balaban J connectivity index is 0.00000288. The number of amides is 2. The molecule has 2 amide bonds. The second-order valence-electron chi connectivity index (χ2n) is 6.43. The van der Waals surface area contributed by atoms with E-state index < -0.39 is 0 Å². The number of rotatable bonds is 6. The fourth-order valence-electron chi connectivity index (χ4n) is 2.80. The first-order valence-corrected chi connectivity index (χ1v) is 8.39. The maximum absolute atomic E-state index is 12.4. The number of nitrogens with one attached hydrogen (secondary N) is 1. The zero-order valence-corrected chi connectivity index (χ0v) is 15.1. The zero-order valence-electron chi connectivity index (χ0n) is 14.2. The van der Waals surface area contributed by atoms with Gasteiger partial charge in [0.2, 0.25) is 11.8 Å². The standard InChI is InChI=1S/C18H27N3O2.ClH/c1-14(11-19)12-20-18(23)16-8-5-9-21(13-16)17(22)10-15-6-3-2-4-7-15;/h2-4,6-7,14,16H,5,8-13,19H2,1H3,(H,20,23);1H. The van der Waals surface area contributed by atoms with Crippen molar-refractivity contribution in [2.75, 3.05) is 26.2 Å². The first kappa shape index (κ1) is 20.5. The van der Waals surface area contributed by atoms with Gasteiger partial charge in [0.25, 0.3) is 0 Å². The molecule has 2 unspecified atom stereocenters. The molecule has 1 aromatic carbocycles. The Morgan fingerprint density at radius 3 is 2.71 bits per heavy atom. The molecule has 1 fully saturated rings. The molecule has 2 rings (SSSR count). The van der Waals surface area contributed by atoms with Crippen LogP contribution in [-0.2, 0) is 16.0 Å². The molecule has 3 N–H and O–H groups in total. The third kappa shape index (κ3) is 6.13. The minimum atomic E-state index is -0.103. The van der Waals surface area contributed by atoms with Gasteiger partial charge >= 0.3 is 0 Å². The molecule has 0 aromatic heterocycles. The average Bonchev–Trinajstić information content (AvgIpc) is 2.60. The largest absolute Gasteiger partial charge is 0.355 e. The number of carbonyl (C=O) groups is 2. The van der Waals surface area contributed by atoms with Gasteiger partial charge in [-0.3, -0.25) is 9.59 Å². The van der Waals surface area contributed by atoms with E-state index in [1.807, 2.05) is 42.2 Å². The lowest BCUT2D eigenvalue weighted by Crippen LogP contribution is -2.46. The van der Waals surface area contributed by atoms with Gasteiger partial charge in [-0.15, -0.1) is 12.4 Å². The third-order valence-corrected chi connectivity index (χ3v) is 4.37. The first-order valence-electron chi connectivity index (χ1n) is 8.39. The van der Waals surface area contributed by atoms with Gasteiger partial charge in [0.1, 0.15) is 0 Å². The lowest BCUT2D eigenvalue weighted by Gasteiger charge is -2.32. The Hall–Kier alpha value is -1.59. The SMILES string of the molecule is CC(CN)CNC(=O)C1CCCN(C(=O)Cc2ccccc2)C1.Cl. The Morgan fingerprint density at radius 1 is 1.33 bits per heavy atom. The van der Waals surface area contributed by atoms with Crippen LogP contribution < -0.4 is 11.1 Å². The number of halogens is 1. The molecular formula is C18H28ClN3O2. The number of nitrogens with two attached hydrogens (primary N) is 1. The number of hydrogen-bond acceptors (Lipinski definition) is 3. The van der Waals surface area contributed by atoms with Crippen LogP contribution in [0.5, 0.6) is 0 Å². The maximum atomic E-state index is 12.4. The summed E-state index contributed by atoms with van der Waals surface area (Å²) in [4.78, 5) is 26.5. The van der Waals surface area contributed by atoms with Gasteiger partial charge in [0.15, 0.2) is 0 Å². The summed E-state index contributed by atoms with van der Waals surface area (Å²) in [5, 5.41) is 2.96. The van der Waals surface area contributed by atoms with Crippen molar-refractivity contribution >= 4 is 24.2 Å². The van der Waals surface area contributed by atoms with Crippen LogP contribution in [0.4, 0.5) is 0 Å². The fourth-order valence-corrected chi connectivity index (χ4v) is 2.80. The molecule has 5 nitrogen and oxygen atoms in total. The third-order valence-electron chi connectivity index (χ3n) is 4.37. The Labute approximate surface area is 150 Å². The number of carbonyl (C=O) groups excluding carboxylic acids is 2. The predicted octanol–water partition coefficient (Wildman–Crippen LogP) is 1.60. The summed E-state index contributed by atoms with van der Waals surface area (Å²) in [5.74, 6) is 0.318. The normalized spacial score (nSPS) is 18.4. The summed E-state index contributed by atoms with van der Waals surface area (Å²) in [6.07, 6.45) is 2.13. The molecule has 0 spiro atoms. The lowest BCUT2D eigenvalue weighted by atomic mass is 9.96. The predicted molar refractivity (Wildman–Crippen MR) is 97.9 cm³/mol. The molecule has 0 saturated carbocycles. The van der Waals surface area contributed by atoms with Crippen LogP contribution in [0.15, 0.2) is 30.3 Å². The van der Waals surface area contributed by atoms with E-state index in [2.05, 4.69) is 5.32 Å². The molecule has 1 saturated heterocycles. The van der Waals surface area contributed by atoms with Crippen molar-refractivity contribution in [3.8, 4) is 0 Å². The Bertz CT molecular complexity index is 524. The minimum absolute atomic E-state index is 0. The number of benzene rings is 1. The van der Waals surface area contributed by atoms with Gasteiger partial charge in [0.05, 0.1) is 12.3 Å². The van der Waals surface area contributed by atoms with Crippen LogP contribution in [0.2, 0.25) is 0 Å². The van der Waals surface area contributed by atoms with Crippen LogP contribution in [-0.4, -0.2) is 42.9 Å². The quantitative estimate of drug-likeness (QED) is 0.815. The second kappa shape index (κ2) is 10.3. The van der Waals surface area contributed by atoms with Crippen LogP contribution in [0.3, 0.4) is 0 Å². The van der Waals surface area contributed by atoms with E-state index in [4.69, 9.17) is 5.73 Å². The highest BCUT2D eigenvalue weighted by Gasteiger charge is 2.28. The molecule has 1 heterocycles. The molecule has 134 valence electrons. The maximum Gasteiger partial charge on any atom is 0.227 e. The molecule has 6 heteroatoms. The molecule has 1 aromatic rings. The molecule has 24 heavy (non-hydrogen) atoms. The molecule has 2 atom stereocenters. The minimum Gasteiger partial charge on any atom is -0.355 e. The van der Waals surface area contributed by atoms with E-state index in [0.717, 1.165) is 24.9 Å². The highest BCUT2D eigenvalue weighted by molar-refractivity contribution is 5.85. The molecule has 0 bridgehead atoms. The smallest absolute Gasteiger partial charge is 0.227 e. The fraction of sp³-hybridized carbons (Fsp3) is 0.556. The van der Waals surface area contributed by atoms with Crippen molar-refractivity contribution < 1.29 is 9.59 Å². The summed E-state index contributed by atoms with van der Waals surface area (Å²) in [6, 6.07) is 9.74. The van der Waals surface area contributed by atoms with Gasteiger partial charge in [-0.05, 0) is 30.9 Å². The van der Waals surface area contributed by atoms with Crippen LogP contribution in [0, 0.1) is 11.8 Å². The molecule has 1 aliphatic rings. The number of hydrogen-bond donors (Lipinski definition) is 2. The summed E-state index contributed by atoms with van der Waals surface area (Å²) < 4.78 is 0. The van der Waals surface area contributed by atoms with E-state index in [0.29, 0.717) is 26.1 Å². The molecular weight excluding hydrogens is 326 g/mol. The average molecular weight is 354 g/mol. The topological polar surface area (TPSA) is 75.4 Å². The summed E-state index contributed by atoms with van der Waals surface area (Å²) in [7, 11) is 0. The number of nitrogens with zero attached hydrogens (tertiary/aromatic N) is 1. The monoisotopic (exact) mass is 353 g/mol. The van der Waals surface area contributed by atoms with Crippen molar-refractivity contribution in [1.82, 2.24) is 10.2 Å². The highest BCUT2D eigenvalue weighted by atomic mass is 35.5. The van der Waals surface area contributed by atoms with Gasteiger partial charge in [-0.2, -0.15) is 0 Å². The van der Waals surface area contributed by atoms with E-state index in [-0.39, 0.29) is 36.1 Å². The van der Waals surface area contributed by atoms with E-state index in [1.165, 1.54) is 0 Å². The van der Waals surface area contributed by atoms with Crippen molar-refractivity contribution in [2.45, 2.75) is 26.2 Å². The van der Waals surface area contributed by atoms with Crippen LogP contribution >= 0.6 is 12.4 Å². The number of likely N-dealkylation sites (tertiary alicyclic amines) is 1. The van der Waals surface area contributed by atoms with E-state index in [9.17, 15) is 9.59 Å². The first-order chi connectivity index (χ1) is 11.1. The van der Waals surface area contributed by atoms with Crippen molar-refractivity contribution in [3.05, 3.63) is 35.9 Å². The van der Waals surface area contributed by atoms with Gasteiger partial charge in [0, 0.05) is 19.6 Å². The van der Waals surface area contributed by atoms with Crippen molar-refractivity contribution in [2.24, 2.45) is 17.6 Å². The highest BCUT2D eigenvalue weighted by Crippen LogP contribution is 2.18. The van der Waals surface area contributed by atoms with Gasteiger partial charge in [-0.25, -0.2) is 0 Å². The van der Waals surface area contributed by atoms with Gasteiger partial charge < -0.3 is 16.0 Å². The van der Waals surface area contributed by atoms with Crippen molar-refractivity contribution in [1.29, 1.82) is 0 Å². The van der Waals surface area contributed by atoms with E-state index >= 15 is 0 Å².